The number of benzene rings is 2. The van der Waals surface area contributed by atoms with Crippen LogP contribution in [0.4, 0.5) is 4.79 Å². The van der Waals surface area contributed by atoms with Gasteiger partial charge in [0, 0.05) is 5.02 Å². The van der Waals surface area contributed by atoms with Gasteiger partial charge in [-0.25, -0.2) is 9.59 Å². The molecule has 1 unspecified atom stereocenters. The second-order valence-electron chi connectivity index (χ2n) is 6.88. The van der Waals surface area contributed by atoms with E-state index in [4.69, 9.17) is 25.8 Å². The minimum Gasteiger partial charge on any atom is -0.497 e. The van der Waals surface area contributed by atoms with Gasteiger partial charge >= 0.3 is 18.0 Å². The highest BCUT2D eigenvalue weighted by Gasteiger charge is 2.34. The highest BCUT2D eigenvalue weighted by molar-refractivity contribution is 6.30. The monoisotopic (exact) mass is 458 g/mol. The van der Waals surface area contributed by atoms with E-state index >= 15 is 0 Å². The van der Waals surface area contributed by atoms with Crippen LogP contribution in [-0.4, -0.2) is 38.3 Å². The van der Waals surface area contributed by atoms with Crippen LogP contribution in [0.25, 0.3) is 0 Å². The molecule has 168 valence electrons. The number of nitrogens with one attached hydrogen (secondary N) is 2. The van der Waals surface area contributed by atoms with Crippen LogP contribution in [0, 0.1) is 0 Å². The molecule has 0 fully saturated rings. The van der Waals surface area contributed by atoms with Crippen LogP contribution in [0.1, 0.15) is 24.1 Å². The van der Waals surface area contributed by atoms with Crippen molar-refractivity contribution in [3.63, 3.8) is 0 Å². The van der Waals surface area contributed by atoms with E-state index in [9.17, 15) is 14.4 Å². The zero-order valence-corrected chi connectivity index (χ0v) is 18.4. The number of urea groups is 1. The molecule has 1 atom stereocenters. The lowest BCUT2D eigenvalue weighted by atomic mass is 9.95. The number of carbonyl (C=O) groups excluding carboxylic acids is 3. The SMILES string of the molecule is CCOC(=O)C1=C(COC(=O)Cc2ccc(Cl)cc2)NC(=O)NC1c1ccc(OC)cc1. The molecule has 1 aliphatic heterocycles. The Labute approximate surface area is 190 Å². The third kappa shape index (κ3) is 5.79. The molecule has 0 bridgehead atoms. The van der Waals surface area contributed by atoms with Crippen molar-refractivity contribution >= 4 is 29.6 Å². The summed E-state index contributed by atoms with van der Waals surface area (Å²) in [5, 5.41) is 5.85. The maximum absolute atomic E-state index is 12.7. The second-order valence-corrected chi connectivity index (χ2v) is 7.32. The molecule has 9 heteroatoms. The van der Waals surface area contributed by atoms with Gasteiger partial charge in [-0.05, 0) is 42.3 Å². The van der Waals surface area contributed by atoms with Crippen molar-refractivity contribution in [1.29, 1.82) is 0 Å². The summed E-state index contributed by atoms with van der Waals surface area (Å²) in [6.45, 7) is 1.54. The molecule has 0 saturated heterocycles. The number of rotatable bonds is 8. The van der Waals surface area contributed by atoms with Gasteiger partial charge in [0.25, 0.3) is 0 Å². The summed E-state index contributed by atoms with van der Waals surface area (Å²) in [5.74, 6) is -0.506. The van der Waals surface area contributed by atoms with Gasteiger partial charge in [0.15, 0.2) is 0 Å². The standard InChI is InChI=1S/C23H23ClN2O6/c1-3-31-22(28)20-18(13-32-19(27)12-14-4-8-16(24)9-5-14)25-23(29)26-21(20)15-6-10-17(30-2)11-7-15/h4-11,21H,3,12-13H2,1-2H3,(H2,25,26,29). The molecule has 3 rings (SSSR count). The predicted molar refractivity (Wildman–Crippen MR) is 117 cm³/mol. The molecule has 0 aromatic heterocycles. The van der Waals surface area contributed by atoms with Crippen molar-refractivity contribution in [3.8, 4) is 5.75 Å². The van der Waals surface area contributed by atoms with Crippen molar-refractivity contribution in [1.82, 2.24) is 10.6 Å². The molecule has 32 heavy (non-hydrogen) atoms. The molecule has 8 nitrogen and oxygen atoms in total. The third-order valence-corrected chi connectivity index (χ3v) is 4.99. The van der Waals surface area contributed by atoms with Crippen LogP contribution in [0.2, 0.25) is 5.02 Å². The average Bonchev–Trinajstić information content (AvgIpc) is 2.79. The van der Waals surface area contributed by atoms with E-state index < -0.39 is 24.0 Å². The summed E-state index contributed by atoms with van der Waals surface area (Å²) in [6.07, 6.45) is 0.0211. The van der Waals surface area contributed by atoms with E-state index in [2.05, 4.69) is 10.6 Å². The van der Waals surface area contributed by atoms with E-state index in [0.717, 1.165) is 5.56 Å². The van der Waals surface area contributed by atoms with Crippen molar-refractivity contribution in [2.24, 2.45) is 0 Å². The normalized spacial score (nSPS) is 15.5. The summed E-state index contributed by atoms with van der Waals surface area (Å²) in [7, 11) is 1.54. The van der Waals surface area contributed by atoms with Gasteiger partial charge in [0.05, 0.1) is 37.4 Å². The lowest BCUT2D eigenvalue weighted by Crippen LogP contribution is -2.47. The number of ether oxygens (including phenoxy) is 3. The van der Waals surface area contributed by atoms with Crippen molar-refractivity contribution in [2.75, 3.05) is 20.3 Å². The van der Waals surface area contributed by atoms with Gasteiger partial charge in [-0.3, -0.25) is 4.79 Å². The zero-order chi connectivity index (χ0) is 23.1. The Hall–Kier alpha value is -3.52. The quantitative estimate of drug-likeness (QED) is 0.588. The molecule has 0 spiro atoms. The first-order chi connectivity index (χ1) is 15.4. The molecule has 2 amide bonds. The molecule has 2 aromatic rings. The lowest BCUT2D eigenvalue weighted by molar-refractivity contribution is -0.143. The summed E-state index contributed by atoms with van der Waals surface area (Å²) >= 11 is 5.86. The fraction of sp³-hybridized carbons (Fsp3) is 0.261. The predicted octanol–water partition coefficient (Wildman–Crippen LogP) is 3.31. The molecule has 2 aromatic carbocycles. The number of esters is 2. The van der Waals surface area contributed by atoms with E-state index in [1.165, 1.54) is 0 Å². The Morgan fingerprint density at radius 3 is 2.34 bits per heavy atom. The van der Waals surface area contributed by atoms with Crippen LogP contribution < -0.4 is 15.4 Å². The van der Waals surface area contributed by atoms with E-state index in [0.29, 0.717) is 16.3 Å². The van der Waals surface area contributed by atoms with Crippen LogP contribution in [0.3, 0.4) is 0 Å². The first-order valence-electron chi connectivity index (χ1n) is 9.93. The highest BCUT2D eigenvalue weighted by Crippen LogP contribution is 2.29. The van der Waals surface area contributed by atoms with E-state index in [1.54, 1.807) is 62.6 Å². The Morgan fingerprint density at radius 1 is 1.03 bits per heavy atom. The Balaban J connectivity index is 1.83. The molecule has 0 aliphatic carbocycles. The number of amides is 2. The number of halogens is 1. The number of hydrogen-bond acceptors (Lipinski definition) is 6. The summed E-state index contributed by atoms with van der Waals surface area (Å²) < 4.78 is 15.7. The Morgan fingerprint density at radius 2 is 1.72 bits per heavy atom. The van der Waals surface area contributed by atoms with Crippen LogP contribution in [-0.2, 0) is 25.5 Å². The number of hydrogen-bond donors (Lipinski definition) is 2. The fourth-order valence-electron chi connectivity index (χ4n) is 3.20. The van der Waals surface area contributed by atoms with Gasteiger partial charge in [-0.1, -0.05) is 35.9 Å². The van der Waals surface area contributed by atoms with Gasteiger partial charge in [-0.2, -0.15) is 0 Å². The van der Waals surface area contributed by atoms with Gasteiger partial charge < -0.3 is 24.8 Å². The Bertz CT molecular complexity index is 1020. The largest absolute Gasteiger partial charge is 0.497 e. The smallest absolute Gasteiger partial charge is 0.338 e. The third-order valence-electron chi connectivity index (χ3n) is 4.74. The summed E-state index contributed by atoms with van der Waals surface area (Å²) in [6, 6.07) is 12.4. The van der Waals surface area contributed by atoms with Crippen LogP contribution >= 0.6 is 11.6 Å². The molecular weight excluding hydrogens is 436 g/mol. The van der Waals surface area contributed by atoms with Gasteiger partial charge in [0.2, 0.25) is 0 Å². The average molecular weight is 459 g/mol. The fourth-order valence-corrected chi connectivity index (χ4v) is 3.33. The lowest BCUT2D eigenvalue weighted by Gasteiger charge is -2.29. The molecule has 0 saturated carbocycles. The molecule has 1 heterocycles. The van der Waals surface area contributed by atoms with Crippen molar-refractivity contribution in [3.05, 3.63) is 76.0 Å². The summed E-state index contributed by atoms with van der Waals surface area (Å²) in [5.41, 5.74) is 1.70. The first kappa shape index (κ1) is 23.1. The molecule has 1 aliphatic rings. The summed E-state index contributed by atoms with van der Waals surface area (Å²) in [4.78, 5) is 37.3. The number of carbonyl (C=O) groups is 3. The van der Waals surface area contributed by atoms with Crippen LogP contribution in [0.15, 0.2) is 59.8 Å². The topological polar surface area (TPSA) is 103 Å². The molecule has 2 N–H and O–H groups in total. The van der Waals surface area contributed by atoms with Crippen molar-refractivity contribution in [2.45, 2.75) is 19.4 Å². The van der Waals surface area contributed by atoms with Gasteiger partial charge in [-0.15, -0.1) is 0 Å². The number of methoxy groups -OCH3 is 1. The van der Waals surface area contributed by atoms with E-state index in [1.807, 2.05) is 0 Å². The second kappa shape index (κ2) is 10.7. The minimum absolute atomic E-state index is 0.0211. The minimum atomic E-state index is -0.779. The molecule has 0 radical (unpaired) electrons. The van der Waals surface area contributed by atoms with Gasteiger partial charge in [0.1, 0.15) is 12.4 Å². The van der Waals surface area contributed by atoms with E-state index in [-0.39, 0.29) is 30.9 Å². The maximum Gasteiger partial charge on any atom is 0.338 e. The zero-order valence-electron chi connectivity index (χ0n) is 17.6. The first-order valence-corrected chi connectivity index (χ1v) is 10.3. The van der Waals surface area contributed by atoms with Crippen molar-refractivity contribution < 1.29 is 28.6 Å². The van der Waals surface area contributed by atoms with Crippen LogP contribution in [0.5, 0.6) is 5.75 Å². The highest BCUT2D eigenvalue weighted by atomic mass is 35.5. The maximum atomic E-state index is 12.7. The Kier molecular flexibility index (Phi) is 7.72. The molecular formula is C23H23ClN2O6.